The number of rotatable bonds is 2. The molecule has 0 rings (SSSR count). The van der Waals surface area contributed by atoms with Gasteiger partial charge in [-0.25, -0.2) is 0 Å². The standard InChI is InChI=1S/C14H29NO/c1-12(2,3)10-14(7,13(4,5)6)11(16)15(8)9/h10H2,1-9H3. The maximum absolute atomic E-state index is 12.4. The van der Waals surface area contributed by atoms with Gasteiger partial charge in [0, 0.05) is 14.1 Å². The van der Waals surface area contributed by atoms with E-state index in [0.29, 0.717) is 0 Å². The van der Waals surface area contributed by atoms with Gasteiger partial charge in [-0.15, -0.1) is 0 Å². The second kappa shape index (κ2) is 4.38. The summed E-state index contributed by atoms with van der Waals surface area (Å²) in [5, 5.41) is 0. The van der Waals surface area contributed by atoms with Crippen molar-refractivity contribution >= 4 is 5.91 Å². The molecular formula is C14H29NO. The molecule has 0 saturated carbocycles. The third kappa shape index (κ3) is 3.50. The number of amides is 1. The monoisotopic (exact) mass is 227 g/mol. The second-order valence-corrected chi connectivity index (χ2v) is 7.52. The largest absolute Gasteiger partial charge is 0.348 e. The van der Waals surface area contributed by atoms with Crippen LogP contribution in [-0.2, 0) is 4.79 Å². The van der Waals surface area contributed by atoms with E-state index in [9.17, 15) is 4.79 Å². The van der Waals surface area contributed by atoms with E-state index in [4.69, 9.17) is 0 Å². The van der Waals surface area contributed by atoms with Gasteiger partial charge in [-0.1, -0.05) is 48.5 Å². The van der Waals surface area contributed by atoms with Crippen molar-refractivity contribution in [1.82, 2.24) is 4.90 Å². The van der Waals surface area contributed by atoms with E-state index in [2.05, 4.69) is 48.5 Å². The Morgan fingerprint density at radius 3 is 1.50 bits per heavy atom. The van der Waals surface area contributed by atoms with Crippen molar-refractivity contribution < 1.29 is 4.79 Å². The van der Waals surface area contributed by atoms with Crippen molar-refractivity contribution in [2.24, 2.45) is 16.2 Å². The Bertz CT molecular complexity index is 255. The van der Waals surface area contributed by atoms with Crippen LogP contribution in [0.3, 0.4) is 0 Å². The van der Waals surface area contributed by atoms with Crippen molar-refractivity contribution in [3.05, 3.63) is 0 Å². The molecule has 0 aliphatic heterocycles. The number of carbonyl (C=O) groups is 1. The molecule has 0 aromatic rings. The van der Waals surface area contributed by atoms with Gasteiger partial charge in [0.25, 0.3) is 0 Å². The molecular weight excluding hydrogens is 198 g/mol. The fraction of sp³-hybridized carbons (Fsp3) is 0.929. The zero-order valence-corrected chi connectivity index (χ0v) is 12.6. The molecule has 16 heavy (non-hydrogen) atoms. The van der Waals surface area contributed by atoms with Gasteiger partial charge >= 0.3 is 0 Å². The minimum Gasteiger partial charge on any atom is -0.348 e. The lowest BCUT2D eigenvalue weighted by atomic mass is 9.60. The minimum atomic E-state index is -0.311. The molecule has 0 radical (unpaired) electrons. The molecule has 0 bridgehead atoms. The van der Waals surface area contributed by atoms with E-state index < -0.39 is 0 Å². The molecule has 1 atom stereocenters. The van der Waals surface area contributed by atoms with Crippen LogP contribution < -0.4 is 0 Å². The first-order valence-corrected chi connectivity index (χ1v) is 6.03. The predicted molar refractivity (Wildman–Crippen MR) is 70.3 cm³/mol. The lowest BCUT2D eigenvalue weighted by Gasteiger charge is -2.45. The highest BCUT2D eigenvalue weighted by Crippen LogP contribution is 2.47. The van der Waals surface area contributed by atoms with E-state index in [1.165, 1.54) is 0 Å². The molecule has 0 aliphatic rings. The topological polar surface area (TPSA) is 20.3 Å². The van der Waals surface area contributed by atoms with E-state index in [0.717, 1.165) is 6.42 Å². The molecule has 1 unspecified atom stereocenters. The molecule has 0 spiro atoms. The lowest BCUT2D eigenvalue weighted by molar-refractivity contribution is -0.147. The molecule has 0 aromatic heterocycles. The molecule has 0 saturated heterocycles. The van der Waals surface area contributed by atoms with Crippen LogP contribution in [-0.4, -0.2) is 24.9 Å². The SMILES string of the molecule is CN(C)C(=O)C(C)(CC(C)(C)C)C(C)(C)C. The van der Waals surface area contributed by atoms with E-state index >= 15 is 0 Å². The summed E-state index contributed by atoms with van der Waals surface area (Å²) in [7, 11) is 3.68. The fourth-order valence-corrected chi connectivity index (χ4v) is 2.22. The maximum atomic E-state index is 12.4. The van der Waals surface area contributed by atoms with Crippen LogP contribution in [0.25, 0.3) is 0 Å². The quantitative estimate of drug-likeness (QED) is 0.706. The highest BCUT2D eigenvalue weighted by Gasteiger charge is 2.46. The zero-order valence-electron chi connectivity index (χ0n) is 12.6. The summed E-state index contributed by atoms with van der Waals surface area (Å²) in [6, 6.07) is 0. The van der Waals surface area contributed by atoms with E-state index in [-0.39, 0.29) is 22.2 Å². The molecule has 0 fully saturated rings. The number of hydrogen-bond donors (Lipinski definition) is 0. The maximum Gasteiger partial charge on any atom is 0.228 e. The summed E-state index contributed by atoms with van der Waals surface area (Å²) in [6.07, 6.45) is 0.903. The van der Waals surface area contributed by atoms with Gasteiger partial charge in [0.05, 0.1) is 5.41 Å². The van der Waals surface area contributed by atoms with Crippen LogP contribution in [0.4, 0.5) is 0 Å². The van der Waals surface area contributed by atoms with Gasteiger partial charge in [0.2, 0.25) is 5.91 Å². The highest BCUT2D eigenvalue weighted by molar-refractivity contribution is 5.82. The number of hydrogen-bond acceptors (Lipinski definition) is 1. The van der Waals surface area contributed by atoms with Crippen LogP contribution in [0.5, 0.6) is 0 Å². The summed E-state index contributed by atoms with van der Waals surface area (Å²) < 4.78 is 0. The summed E-state index contributed by atoms with van der Waals surface area (Å²) in [4.78, 5) is 14.1. The van der Waals surface area contributed by atoms with Gasteiger partial charge in [0.15, 0.2) is 0 Å². The molecule has 0 heterocycles. The van der Waals surface area contributed by atoms with Crippen LogP contribution in [0, 0.1) is 16.2 Å². The average Bonchev–Trinajstić information content (AvgIpc) is 1.97. The van der Waals surface area contributed by atoms with Gasteiger partial charge in [-0.2, -0.15) is 0 Å². The van der Waals surface area contributed by atoms with Crippen molar-refractivity contribution in [1.29, 1.82) is 0 Å². The van der Waals surface area contributed by atoms with Crippen LogP contribution in [0.1, 0.15) is 54.9 Å². The molecule has 1 amide bonds. The molecule has 0 aliphatic carbocycles. The molecule has 96 valence electrons. The Morgan fingerprint density at radius 1 is 0.938 bits per heavy atom. The smallest absolute Gasteiger partial charge is 0.228 e. The van der Waals surface area contributed by atoms with Gasteiger partial charge in [-0.3, -0.25) is 4.79 Å². The van der Waals surface area contributed by atoms with Crippen molar-refractivity contribution in [3.63, 3.8) is 0 Å². The van der Waals surface area contributed by atoms with E-state index in [1.54, 1.807) is 4.90 Å². The number of carbonyl (C=O) groups excluding carboxylic acids is 1. The Kier molecular flexibility index (Phi) is 4.24. The minimum absolute atomic E-state index is 0.0262. The second-order valence-electron chi connectivity index (χ2n) is 7.52. The van der Waals surface area contributed by atoms with Gasteiger partial charge in [-0.05, 0) is 17.3 Å². The van der Waals surface area contributed by atoms with Gasteiger partial charge < -0.3 is 4.90 Å². The first kappa shape index (κ1) is 15.5. The first-order valence-electron chi connectivity index (χ1n) is 6.03. The Hall–Kier alpha value is -0.530. The van der Waals surface area contributed by atoms with Gasteiger partial charge in [0.1, 0.15) is 0 Å². The highest BCUT2D eigenvalue weighted by atomic mass is 16.2. The zero-order chi connectivity index (χ0) is 13.4. The first-order chi connectivity index (χ1) is 6.81. The Balaban J connectivity index is 5.31. The molecule has 0 N–H and O–H groups in total. The Morgan fingerprint density at radius 2 is 1.31 bits per heavy atom. The fourth-order valence-electron chi connectivity index (χ4n) is 2.22. The molecule has 2 heteroatoms. The summed E-state index contributed by atoms with van der Waals surface area (Å²) >= 11 is 0. The molecule has 0 aromatic carbocycles. The van der Waals surface area contributed by atoms with Crippen molar-refractivity contribution in [3.8, 4) is 0 Å². The molecule has 2 nitrogen and oxygen atoms in total. The third-order valence-electron chi connectivity index (χ3n) is 3.42. The van der Waals surface area contributed by atoms with Crippen molar-refractivity contribution in [2.45, 2.75) is 54.9 Å². The Labute approximate surface area is 101 Å². The van der Waals surface area contributed by atoms with E-state index in [1.807, 2.05) is 14.1 Å². The normalized spacial score (nSPS) is 16.8. The summed E-state index contributed by atoms with van der Waals surface area (Å²) in [6.45, 7) is 15.1. The van der Waals surface area contributed by atoms with Crippen LogP contribution >= 0.6 is 0 Å². The van der Waals surface area contributed by atoms with Crippen LogP contribution in [0.15, 0.2) is 0 Å². The summed E-state index contributed by atoms with van der Waals surface area (Å²) in [5.41, 5.74) is -0.177. The number of nitrogens with zero attached hydrogens (tertiary/aromatic N) is 1. The average molecular weight is 227 g/mol. The predicted octanol–water partition coefficient (Wildman–Crippen LogP) is 3.56. The third-order valence-corrected chi connectivity index (χ3v) is 3.42. The van der Waals surface area contributed by atoms with Crippen LogP contribution in [0.2, 0.25) is 0 Å². The lowest BCUT2D eigenvalue weighted by Crippen LogP contribution is -2.48. The van der Waals surface area contributed by atoms with Crippen molar-refractivity contribution in [2.75, 3.05) is 14.1 Å². The summed E-state index contributed by atoms with van der Waals surface area (Å²) in [5.74, 6) is 0.231.